The van der Waals surface area contributed by atoms with Gasteiger partial charge in [-0.05, 0) is 18.2 Å². The van der Waals surface area contributed by atoms with E-state index in [0.717, 1.165) is 11.4 Å². The molecule has 2 rings (SSSR count). The van der Waals surface area contributed by atoms with Crippen molar-refractivity contribution in [3.8, 4) is 0 Å². The summed E-state index contributed by atoms with van der Waals surface area (Å²) in [6, 6.07) is 6.86. The predicted molar refractivity (Wildman–Crippen MR) is 55.0 cm³/mol. The van der Waals surface area contributed by atoms with E-state index < -0.39 is 5.95 Å². The maximum Gasteiger partial charge on any atom is 0.214 e. The number of anilines is 1. The first kappa shape index (κ1) is 9.71. The Morgan fingerprint density at radius 2 is 2.33 bits per heavy atom. The van der Waals surface area contributed by atoms with Crippen molar-refractivity contribution >= 4 is 5.69 Å². The van der Waals surface area contributed by atoms with Crippen LogP contribution in [0.3, 0.4) is 0 Å². The van der Waals surface area contributed by atoms with Gasteiger partial charge in [0, 0.05) is 25.0 Å². The molecule has 0 aliphatic rings. The number of hydrogen-bond donors (Lipinski definition) is 0. The van der Waals surface area contributed by atoms with Crippen molar-refractivity contribution < 1.29 is 8.81 Å². The zero-order valence-electron chi connectivity index (χ0n) is 8.35. The lowest BCUT2D eigenvalue weighted by molar-refractivity contribution is 0.507. The Balaban J connectivity index is 2.11. The summed E-state index contributed by atoms with van der Waals surface area (Å²) in [6.45, 7) is 0.608. The second kappa shape index (κ2) is 4.13. The monoisotopic (exact) mass is 206 g/mol. The van der Waals surface area contributed by atoms with E-state index in [1.165, 1.54) is 12.3 Å². The number of furan rings is 1. The quantitative estimate of drug-likeness (QED) is 0.722. The van der Waals surface area contributed by atoms with Crippen molar-refractivity contribution in [1.29, 1.82) is 0 Å². The molecule has 0 aliphatic carbocycles. The summed E-state index contributed by atoms with van der Waals surface area (Å²) in [4.78, 5) is 5.39. The average Bonchev–Trinajstić information content (AvgIpc) is 2.70. The second-order valence-corrected chi connectivity index (χ2v) is 3.27. The molecule has 0 saturated carbocycles. The van der Waals surface area contributed by atoms with Crippen molar-refractivity contribution in [1.82, 2.24) is 4.98 Å². The molecule has 3 nitrogen and oxygen atoms in total. The summed E-state index contributed by atoms with van der Waals surface area (Å²) in [6.07, 6.45) is 3.07. The molecule has 2 heterocycles. The number of hydrogen-bond acceptors (Lipinski definition) is 3. The fourth-order valence-corrected chi connectivity index (χ4v) is 1.36. The van der Waals surface area contributed by atoms with Gasteiger partial charge in [-0.2, -0.15) is 4.39 Å². The Bertz CT molecular complexity index is 428. The van der Waals surface area contributed by atoms with Crippen LogP contribution in [0.5, 0.6) is 0 Å². The molecule has 4 heteroatoms. The largest absolute Gasteiger partial charge is 0.467 e. The van der Waals surface area contributed by atoms with Gasteiger partial charge in [-0.3, -0.25) is 0 Å². The highest BCUT2D eigenvalue weighted by molar-refractivity contribution is 5.44. The SMILES string of the molecule is CN(Cc1ccco1)c1ccnc(F)c1. The van der Waals surface area contributed by atoms with Gasteiger partial charge in [0.15, 0.2) is 0 Å². The normalized spacial score (nSPS) is 10.3. The highest BCUT2D eigenvalue weighted by atomic mass is 19.1. The van der Waals surface area contributed by atoms with E-state index in [1.54, 1.807) is 12.3 Å². The molecule has 0 bridgehead atoms. The number of nitrogens with zero attached hydrogens (tertiary/aromatic N) is 2. The Morgan fingerprint density at radius 3 is 3.00 bits per heavy atom. The molecule has 15 heavy (non-hydrogen) atoms. The fourth-order valence-electron chi connectivity index (χ4n) is 1.36. The van der Waals surface area contributed by atoms with Crippen LogP contribution in [0.15, 0.2) is 41.1 Å². The summed E-state index contributed by atoms with van der Waals surface area (Å²) in [5.74, 6) is 0.369. The maximum atomic E-state index is 12.8. The van der Waals surface area contributed by atoms with Gasteiger partial charge in [-0.25, -0.2) is 4.98 Å². The van der Waals surface area contributed by atoms with Gasteiger partial charge < -0.3 is 9.32 Å². The van der Waals surface area contributed by atoms with E-state index >= 15 is 0 Å². The van der Waals surface area contributed by atoms with Gasteiger partial charge in [0.25, 0.3) is 0 Å². The third kappa shape index (κ3) is 2.34. The molecule has 0 aliphatic heterocycles. The minimum atomic E-state index is -0.473. The van der Waals surface area contributed by atoms with E-state index in [2.05, 4.69) is 4.98 Å². The molecule has 0 radical (unpaired) electrons. The molecule has 0 unspecified atom stereocenters. The highest BCUT2D eigenvalue weighted by Gasteiger charge is 2.04. The van der Waals surface area contributed by atoms with Gasteiger partial charge in [-0.15, -0.1) is 0 Å². The summed E-state index contributed by atoms with van der Waals surface area (Å²) in [5, 5.41) is 0. The lowest BCUT2D eigenvalue weighted by atomic mass is 10.3. The zero-order chi connectivity index (χ0) is 10.7. The van der Waals surface area contributed by atoms with Crippen LogP contribution in [-0.2, 0) is 6.54 Å². The molecule has 2 aromatic heterocycles. The smallest absolute Gasteiger partial charge is 0.214 e. The van der Waals surface area contributed by atoms with E-state index in [1.807, 2.05) is 24.1 Å². The van der Waals surface area contributed by atoms with Crippen LogP contribution >= 0.6 is 0 Å². The van der Waals surface area contributed by atoms with Gasteiger partial charge in [0.05, 0.1) is 12.8 Å². The maximum absolute atomic E-state index is 12.8. The molecular weight excluding hydrogens is 195 g/mol. The van der Waals surface area contributed by atoms with Crippen LogP contribution in [-0.4, -0.2) is 12.0 Å². The predicted octanol–water partition coefficient (Wildman–Crippen LogP) is 2.45. The summed E-state index contributed by atoms with van der Waals surface area (Å²) >= 11 is 0. The number of halogens is 1. The molecule has 0 saturated heterocycles. The molecule has 0 N–H and O–H groups in total. The molecular formula is C11H11FN2O. The van der Waals surface area contributed by atoms with Crippen molar-refractivity contribution in [3.63, 3.8) is 0 Å². The number of aromatic nitrogens is 1. The van der Waals surface area contributed by atoms with E-state index in [-0.39, 0.29) is 0 Å². The molecule has 0 aromatic carbocycles. The van der Waals surface area contributed by atoms with E-state index in [4.69, 9.17) is 4.42 Å². The summed E-state index contributed by atoms with van der Waals surface area (Å²) in [5.41, 5.74) is 0.777. The average molecular weight is 206 g/mol. The Morgan fingerprint density at radius 1 is 1.47 bits per heavy atom. The first-order valence-electron chi connectivity index (χ1n) is 4.61. The third-order valence-corrected chi connectivity index (χ3v) is 2.12. The van der Waals surface area contributed by atoms with Crippen LogP contribution in [0.2, 0.25) is 0 Å². The third-order valence-electron chi connectivity index (χ3n) is 2.12. The number of pyridine rings is 1. The van der Waals surface area contributed by atoms with Crippen LogP contribution in [0.4, 0.5) is 10.1 Å². The van der Waals surface area contributed by atoms with Crippen molar-refractivity contribution in [2.45, 2.75) is 6.54 Å². The van der Waals surface area contributed by atoms with Crippen LogP contribution in [0.25, 0.3) is 0 Å². The molecule has 78 valence electrons. The highest BCUT2D eigenvalue weighted by Crippen LogP contribution is 2.15. The Labute approximate surface area is 87.2 Å². The zero-order valence-corrected chi connectivity index (χ0v) is 8.35. The van der Waals surface area contributed by atoms with Gasteiger partial charge in [0.2, 0.25) is 5.95 Å². The van der Waals surface area contributed by atoms with Crippen molar-refractivity contribution in [2.24, 2.45) is 0 Å². The molecule has 2 aromatic rings. The summed E-state index contributed by atoms with van der Waals surface area (Å²) < 4.78 is 18.0. The van der Waals surface area contributed by atoms with Crippen molar-refractivity contribution in [3.05, 3.63) is 48.4 Å². The van der Waals surface area contributed by atoms with Crippen LogP contribution in [0.1, 0.15) is 5.76 Å². The molecule has 0 spiro atoms. The second-order valence-electron chi connectivity index (χ2n) is 3.27. The van der Waals surface area contributed by atoms with Gasteiger partial charge in [0.1, 0.15) is 5.76 Å². The van der Waals surface area contributed by atoms with E-state index in [0.29, 0.717) is 6.54 Å². The fraction of sp³-hybridized carbons (Fsp3) is 0.182. The minimum absolute atomic E-state index is 0.473. The minimum Gasteiger partial charge on any atom is -0.467 e. The number of rotatable bonds is 3. The van der Waals surface area contributed by atoms with Gasteiger partial charge >= 0.3 is 0 Å². The molecule has 0 atom stereocenters. The van der Waals surface area contributed by atoms with Crippen LogP contribution in [0, 0.1) is 5.95 Å². The van der Waals surface area contributed by atoms with Crippen molar-refractivity contribution in [2.75, 3.05) is 11.9 Å². The topological polar surface area (TPSA) is 29.3 Å². The standard InChI is InChI=1S/C11H11FN2O/c1-14(8-10-3-2-6-15-10)9-4-5-13-11(12)7-9/h2-7H,8H2,1H3. The Kier molecular flexibility index (Phi) is 2.67. The lowest BCUT2D eigenvalue weighted by Crippen LogP contribution is -2.16. The van der Waals surface area contributed by atoms with Gasteiger partial charge in [-0.1, -0.05) is 0 Å². The summed E-state index contributed by atoms with van der Waals surface area (Å²) in [7, 11) is 1.87. The lowest BCUT2D eigenvalue weighted by Gasteiger charge is -2.17. The van der Waals surface area contributed by atoms with Crippen LogP contribution < -0.4 is 4.90 Å². The van der Waals surface area contributed by atoms with E-state index in [9.17, 15) is 4.39 Å². The molecule has 0 fully saturated rings. The molecule has 0 amide bonds. The Hall–Kier alpha value is -1.84. The first-order chi connectivity index (χ1) is 7.25. The first-order valence-corrected chi connectivity index (χ1v) is 4.61.